The summed E-state index contributed by atoms with van der Waals surface area (Å²) in [6.07, 6.45) is 0.110. The van der Waals surface area contributed by atoms with Gasteiger partial charge in [0.1, 0.15) is 17.9 Å². The van der Waals surface area contributed by atoms with Gasteiger partial charge in [0, 0.05) is 19.8 Å². The Balaban J connectivity index is 1.79. The Labute approximate surface area is 179 Å². The zero-order chi connectivity index (χ0) is 22.4. The highest BCUT2D eigenvalue weighted by Crippen LogP contribution is 2.20. The number of halogens is 1. The van der Waals surface area contributed by atoms with E-state index in [1.807, 2.05) is 42.5 Å². The smallest absolute Gasteiger partial charge is 0.326 e. The number of aliphatic carboxylic acids is 1. The van der Waals surface area contributed by atoms with Crippen LogP contribution in [0.15, 0.2) is 66.7 Å². The first kappa shape index (κ1) is 22.0. The molecule has 31 heavy (non-hydrogen) atoms. The summed E-state index contributed by atoms with van der Waals surface area (Å²) in [4.78, 5) is 36.3. The predicted molar refractivity (Wildman–Crippen MR) is 115 cm³/mol. The average Bonchev–Trinajstić information content (AvgIpc) is 2.72. The largest absolute Gasteiger partial charge is 0.480 e. The number of benzene rings is 3. The SMILES string of the molecule is CC(=O)N[C@@H](Cc1cccc(F)c1)C(=O)N[C@H](Cc1cccc2ccccc12)C(=O)O. The molecule has 0 aliphatic carbocycles. The van der Waals surface area contributed by atoms with Gasteiger partial charge in [-0.1, -0.05) is 54.6 Å². The molecular weight excluding hydrogens is 399 g/mol. The van der Waals surface area contributed by atoms with Crippen LogP contribution in [0.1, 0.15) is 18.1 Å². The summed E-state index contributed by atoms with van der Waals surface area (Å²) in [6, 6.07) is 16.6. The molecule has 0 radical (unpaired) electrons. The van der Waals surface area contributed by atoms with Crippen LogP contribution in [-0.2, 0) is 27.2 Å². The fourth-order valence-electron chi connectivity index (χ4n) is 3.52. The molecule has 3 rings (SSSR count). The zero-order valence-corrected chi connectivity index (χ0v) is 17.0. The van der Waals surface area contributed by atoms with Gasteiger partial charge in [-0.25, -0.2) is 9.18 Å². The molecule has 160 valence electrons. The first-order valence-electron chi connectivity index (χ1n) is 9.85. The normalized spacial score (nSPS) is 12.7. The first-order chi connectivity index (χ1) is 14.8. The standard InChI is InChI=1S/C24H23FN2O4/c1-15(28)26-21(13-16-6-4-10-19(25)12-16)23(29)27-22(24(30)31)14-18-9-5-8-17-7-2-3-11-20(17)18/h2-12,21-22H,13-14H2,1H3,(H,26,28)(H,27,29)(H,30,31)/t21-,22+/m0/s1. The van der Waals surface area contributed by atoms with Crippen LogP contribution in [0.5, 0.6) is 0 Å². The second-order valence-corrected chi connectivity index (χ2v) is 7.33. The third kappa shape index (κ3) is 5.88. The second kappa shape index (κ2) is 9.84. The lowest BCUT2D eigenvalue weighted by atomic mass is 9.98. The lowest BCUT2D eigenvalue weighted by Crippen LogP contribution is -2.52. The molecule has 0 spiro atoms. The highest BCUT2D eigenvalue weighted by atomic mass is 19.1. The van der Waals surface area contributed by atoms with Gasteiger partial charge in [0.25, 0.3) is 0 Å². The summed E-state index contributed by atoms with van der Waals surface area (Å²) in [5.74, 6) is -2.74. The van der Waals surface area contributed by atoms with Gasteiger partial charge in [0.05, 0.1) is 0 Å². The first-order valence-corrected chi connectivity index (χ1v) is 9.85. The van der Waals surface area contributed by atoms with Crippen molar-refractivity contribution in [2.75, 3.05) is 0 Å². The average molecular weight is 422 g/mol. The molecule has 2 amide bonds. The van der Waals surface area contributed by atoms with E-state index in [1.165, 1.54) is 25.1 Å². The molecular formula is C24H23FN2O4. The zero-order valence-electron chi connectivity index (χ0n) is 17.0. The molecule has 2 atom stereocenters. The Kier molecular flexibility index (Phi) is 6.97. The van der Waals surface area contributed by atoms with Crippen molar-refractivity contribution >= 4 is 28.6 Å². The van der Waals surface area contributed by atoms with Crippen molar-refractivity contribution in [1.82, 2.24) is 10.6 Å². The molecule has 3 aromatic rings. The van der Waals surface area contributed by atoms with Crippen LogP contribution in [-0.4, -0.2) is 35.0 Å². The molecule has 0 unspecified atom stereocenters. The Morgan fingerprint density at radius 1 is 0.903 bits per heavy atom. The van der Waals surface area contributed by atoms with Gasteiger partial charge in [-0.15, -0.1) is 0 Å². The maximum atomic E-state index is 13.5. The van der Waals surface area contributed by atoms with Crippen LogP contribution < -0.4 is 10.6 Å². The summed E-state index contributed by atoms with van der Waals surface area (Å²) in [5.41, 5.74) is 1.29. The van der Waals surface area contributed by atoms with Gasteiger partial charge >= 0.3 is 5.97 Å². The quantitative estimate of drug-likeness (QED) is 0.520. The molecule has 0 saturated carbocycles. The van der Waals surface area contributed by atoms with Crippen LogP contribution in [0.2, 0.25) is 0 Å². The van der Waals surface area contributed by atoms with E-state index >= 15 is 0 Å². The number of carbonyl (C=O) groups is 3. The highest BCUT2D eigenvalue weighted by Gasteiger charge is 2.27. The van der Waals surface area contributed by atoms with Crippen molar-refractivity contribution in [2.24, 2.45) is 0 Å². The Morgan fingerprint density at radius 3 is 2.32 bits per heavy atom. The van der Waals surface area contributed by atoms with Crippen molar-refractivity contribution in [3.63, 3.8) is 0 Å². The number of hydrogen-bond acceptors (Lipinski definition) is 3. The van der Waals surface area contributed by atoms with Gasteiger partial charge in [0.15, 0.2) is 0 Å². The third-order valence-corrected chi connectivity index (χ3v) is 4.94. The van der Waals surface area contributed by atoms with E-state index in [0.29, 0.717) is 5.56 Å². The van der Waals surface area contributed by atoms with Crippen LogP contribution >= 0.6 is 0 Å². The van der Waals surface area contributed by atoms with E-state index in [1.54, 1.807) is 6.07 Å². The number of rotatable bonds is 8. The fourth-order valence-corrected chi connectivity index (χ4v) is 3.52. The van der Waals surface area contributed by atoms with E-state index < -0.39 is 35.7 Å². The fraction of sp³-hybridized carbons (Fsp3) is 0.208. The van der Waals surface area contributed by atoms with Gasteiger partial charge in [0.2, 0.25) is 11.8 Å². The summed E-state index contributed by atoms with van der Waals surface area (Å²) >= 11 is 0. The molecule has 0 aliphatic rings. The number of fused-ring (bicyclic) bond motifs is 1. The molecule has 0 bridgehead atoms. The lowest BCUT2D eigenvalue weighted by molar-refractivity contribution is -0.142. The topological polar surface area (TPSA) is 95.5 Å². The Morgan fingerprint density at radius 2 is 1.61 bits per heavy atom. The number of carbonyl (C=O) groups excluding carboxylic acids is 2. The van der Waals surface area contributed by atoms with Crippen molar-refractivity contribution in [1.29, 1.82) is 0 Å². The Hall–Kier alpha value is -3.74. The van der Waals surface area contributed by atoms with Gasteiger partial charge in [-0.05, 0) is 34.0 Å². The van der Waals surface area contributed by atoms with Crippen LogP contribution in [0, 0.1) is 5.82 Å². The summed E-state index contributed by atoms with van der Waals surface area (Å²) < 4.78 is 13.5. The molecule has 0 aromatic heterocycles. The molecule has 7 heteroatoms. The highest BCUT2D eigenvalue weighted by molar-refractivity contribution is 5.91. The van der Waals surface area contributed by atoms with Crippen LogP contribution in [0.25, 0.3) is 10.8 Å². The summed E-state index contributed by atoms with van der Waals surface area (Å²) in [6.45, 7) is 1.26. The van der Waals surface area contributed by atoms with Crippen LogP contribution in [0.3, 0.4) is 0 Å². The van der Waals surface area contributed by atoms with Gasteiger partial charge in [-0.2, -0.15) is 0 Å². The molecule has 3 aromatic carbocycles. The molecule has 0 fully saturated rings. The number of nitrogens with one attached hydrogen (secondary N) is 2. The summed E-state index contributed by atoms with van der Waals surface area (Å²) in [5, 5.41) is 16.6. The number of carboxylic acids is 1. The minimum atomic E-state index is -1.19. The third-order valence-electron chi connectivity index (χ3n) is 4.94. The number of hydrogen-bond donors (Lipinski definition) is 3. The van der Waals surface area contributed by atoms with E-state index in [2.05, 4.69) is 10.6 Å². The maximum Gasteiger partial charge on any atom is 0.326 e. The lowest BCUT2D eigenvalue weighted by Gasteiger charge is -2.21. The number of carboxylic acid groups (broad SMARTS) is 1. The predicted octanol–water partition coefficient (Wildman–Crippen LogP) is 2.84. The van der Waals surface area contributed by atoms with Crippen molar-refractivity contribution in [3.05, 3.63) is 83.7 Å². The van der Waals surface area contributed by atoms with Crippen molar-refractivity contribution in [2.45, 2.75) is 31.8 Å². The van der Waals surface area contributed by atoms with Crippen molar-refractivity contribution in [3.8, 4) is 0 Å². The van der Waals surface area contributed by atoms with Gasteiger partial charge in [-0.3, -0.25) is 9.59 Å². The second-order valence-electron chi connectivity index (χ2n) is 7.33. The van der Waals surface area contributed by atoms with E-state index in [0.717, 1.165) is 16.3 Å². The molecule has 0 heterocycles. The van der Waals surface area contributed by atoms with Crippen molar-refractivity contribution < 1.29 is 23.9 Å². The summed E-state index contributed by atoms with van der Waals surface area (Å²) in [7, 11) is 0. The van der Waals surface area contributed by atoms with Crippen LogP contribution in [0.4, 0.5) is 4.39 Å². The Bertz CT molecular complexity index is 1110. The molecule has 0 aliphatic heterocycles. The van der Waals surface area contributed by atoms with E-state index in [9.17, 15) is 23.9 Å². The molecule has 6 nitrogen and oxygen atoms in total. The number of amides is 2. The molecule has 3 N–H and O–H groups in total. The van der Waals surface area contributed by atoms with E-state index in [4.69, 9.17) is 0 Å². The maximum absolute atomic E-state index is 13.5. The minimum Gasteiger partial charge on any atom is -0.480 e. The molecule has 0 saturated heterocycles. The van der Waals surface area contributed by atoms with E-state index in [-0.39, 0.29) is 12.8 Å². The monoisotopic (exact) mass is 422 g/mol. The minimum absolute atomic E-state index is 0.0315. The van der Waals surface area contributed by atoms with Gasteiger partial charge < -0.3 is 15.7 Å².